The first-order valence-electron chi connectivity index (χ1n) is 9.99. The fourth-order valence-corrected chi connectivity index (χ4v) is 3.86. The Morgan fingerprint density at radius 1 is 0.933 bits per heavy atom. The predicted molar refractivity (Wildman–Crippen MR) is 118 cm³/mol. The quantitative estimate of drug-likeness (QED) is 0.525. The summed E-state index contributed by atoms with van der Waals surface area (Å²) in [4.78, 5) is 25.4. The molecule has 1 atom stereocenters. The second-order valence-corrected chi connectivity index (χ2v) is 7.66. The molecule has 0 aliphatic carbocycles. The van der Waals surface area contributed by atoms with Gasteiger partial charge < -0.3 is 9.73 Å². The molecular formula is C25H24N2O3. The number of para-hydroxylation sites is 2. The zero-order valence-corrected chi connectivity index (χ0v) is 17.0. The van der Waals surface area contributed by atoms with Crippen molar-refractivity contribution in [3.05, 3.63) is 107 Å². The van der Waals surface area contributed by atoms with Crippen molar-refractivity contribution < 1.29 is 9.21 Å². The summed E-state index contributed by atoms with van der Waals surface area (Å²) in [5.41, 5.74) is 2.88. The Bertz CT molecular complexity index is 1170. The summed E-state index contributed by atoms with van der Waals surface area (Å²) in [7, 11) is 0. The molecular weight excluding hydrogens is 376 g/mol. The van der Waals surface area contributed by atoms with Crippen molar-refractivity contribution >= 4 is 17.0 Å². The Kier molecular flexibility index (Phi) is 5.27. The van der Waals surface area contributed by atoms with Gasteiger partial charge in [0.2, 0.25) is 5.91 Å². The fraction of sp³-hybridized carbons (Fsp3) is 0.200. The molecule has 0 spiro atoms. The van der Waals surface area contributed by atoms with Gasteiger partial charge in [0.25, 0.3) is 0 Å². The van der Waals surface area contributed by atoms with Gasteiger partial charge in [-0.2, -0.15) is 0 Å². The predicted octanol–water partition coefficient (Wildman–Crippen LogP) is 4.28. The van der Waals surface area contributed by atoms with E-state index in [1.54, 1.807) is 25.1 Å². The van der Waals surface area contributed by atoms with Gasteiger partial charge in [-0.1, -0.05) is 72.8 Å². The molecule has 1 N–H and O–H groups in total. The molecule has 0 radical (unpaired) electrons. The smallest absolute Gasteiger partial charge is 0.408 e. The minimum Gasteiger partial charge on any atom is -0.408 e. The summed E-state index contributed by atoms with van der Waals surface area (Å²) in [6, 6.07) is 26.6. The van der Waals surface area contributed by atoms with Gasteiger partial charge in [-0.3, -0.25) is 9.36 Å². The lowest BCUT2D eigenvalue weighted by atomic mass is 9.76. The average Bonchev–Trinajstić information content (AvgIpc) is 3.13. The fourth-order valence-electron chi connectivity index (χ4n) is 3.86. The monoisotopic (exact) mass is 400 g/mol. The van der Waals surface area contributed by atoms with Crippen LogP contribution in [-0.2, 0) is 10.2 Å². The molecule has 3 aromatic carbocycles. The summed E-state index contributed by atoms with van der Waals surface area (Å²) in [6.07, 6.45) is 0. The number of hydrogen-bond acceptors (Lipinski definition) is 3. The van der Waals surface area contributed by atoms with Crippen molar-refractivity contribution in [2.75, 3.05) is 6.54 Å². The Morgan fingerprint density at radius 3 is 2.07 bits per heavy atom. The number of aromatic nitrogens is 1. The molecule has 152 valence electrons. The molecule has 0 aliphatic rings. The zero-order valence-electron chi connectivity index (χ0n) is 17.0. The zero-order chi connectivity index (χ0) is 21.1. The number of carbonyl (C=O) groups is 1. The highest BCUT2D eigenvalue weighted by atomic mass is 16.4. The van der Waals surface area contributed by atoms with Crippen LogP contribution in [0.15, 0.2) is 94.1 Å². The van der Waals surface area contributed by atoms with Crippen LogP contribution in [0.2, 0.25) is 0 Å². The van der Waals surface area contributed by atoms with Crippen molar-refractivity contribution in [2.24, 2.45) is 0 Å². The second-order valence-electron chi connectivity index (χ2n) is 7.66. The molecule has 1 unspecified atom stereocenters. The first-order chi connectivity index (χ1) is 14.5. The lowest BCUT2D eigenvalue weighted by Crippen LogP contribution is -2.42. The number of nitrogens with one attached hydrogen (secondary N) is 1. The molecule has 0 saturated heterocycles. The third-order valence-corrected chi connectivity index (χ3v) is 5.72. The largest absolute Gasteiger partial charge is 0.420 e. The van der Waals surface area contributed by atoms with Crippen molar-refractivity contribution in [1.29, 1.82) is 0 Å². The maximum absolute atomic E-state index is 13.0. The molecule has 5 nitrogen and oxygen atoms in total. The SMILES string of the molecule is CC(C(=O)NCC(C)(c1ccccc1)c1ccccc1)n1c(=O)oc2ccccc21. The van der Waals surface area contributed by atoms with Gasteiger partial charge in [-0.05, 0) is 37.1 Å². The summed E-state index contributed by atoms with van der Waals surface area (Å²) in [6.45, 7) is 4.22. The van der Waals surface area contributed by atoms with E-state index in [2.05, 4.69) is 36.5 Å². The molecule has 0 saturated carbocycles. The van der Waals surface area contributed by atoms with E-state index < -0.39 is 17.2 Å². The number of hydrogen-bond donors (Lipinski definition) is 1. The van der Waals surface area contributed by atoms with Crippen LogP contribution in [0.3, 0.4) is 0 Å². The van der Waals surface area contributed by atoms with Crippen LogP contribution in [0.25, 0.3) is 11.1 Å². The summed E-state index contributed by atoms with van der Waals surface area (Å²) >= 11 is 0. The number of rotatable bonds is 6. The molecule has 1 amide bonds. The molecule has 4 aromatic rings. The number of nitrogens with zero attached hydrogens (tertiary/aromatic N) is 1. The maximum atomic E-state index is 13.0. The number of benzene rings is 3. The number of fused-ring (bicyclic) bond motifs is 1. The Labute approximate surface area is 175 Å². The van der Waals surface area contributed by atoms with E-state index in [-0.39, 0.29) is 5.91 Å². The molecule has 5 heteroatoms. The van der Waals surface area contributed by atoms with Crippen LogP contribution in [-0.4, -0.2) is 17.0 Å². The second kappa shape index (κ2) is 8.03. The van der Waals surface area contributed by atoms with Gasteiger partial charge >= 0.3 is 5.76 Å². The van der Waals surface area contributed by atoms with E-state index in [9.17, 15) is 9.59 Å². The molecule has 30 heavy (non-hydrogen) atoms. The van der Waals surface area contributed by atoms with E-state index in [4.69, 9.17) is 4.42 Å². The normalized spacial score (nSPS) is 12.6. The third-order valence-electron chi connectivity index (χ3n) is 5.72. The number of oxazole rings is 1. The Hall–Kier alpha value is -3.60. The summed E-state index contributed by atoms with van der Waals surface area (Å²) in [5, 5.41) is 3.06. The summed E-state index contributed by atoms with van der Waals surface area (Å²) in [5.74, 6) is -0.769. The van der Waals surface area contributed by atoms with Crippen LogP contribution >= 0.6 is 0 Å². The van der Waals surface area contributed by atoms with Crippen molar-refractivity contribution in [3.63, 3.8) is 0 Å². The van der Waals surface area contributed by atoms with Crippen LogP contribution < -0.4 is 11.1 Å². The highest BCUT2D eigenvalue weighted by Gasteiger charge is 2.30. The first-order valence-corrected chi connectivity index (χ1v) is 9.99. The lowest BCUT2D eigenvalue weighted by Gasteiger charge is -2.32. The molecule has 1 heterocycles. The van der Waals surface area contributed by atoms with Crippen molar-refractivity contribution in [3.8, 4) is 0 Å². The average molecular weight is 400 g/mol. The standard InChI is InChI=1S/C25H24N2O3/c1-18(27-21-15-9-10-16-22(21)30-24(27)29)23(28)26-17-25(2,19-11-5-3-6-12-19)20-13-7-4-8-14-20/h3-16,18H,17H2,1-2H3,(H,26,28). The Balaban J connectivity index is 1.62. The first kappa shape index (κ1) is 19.7. The van der Waals surface area contributed by atoms with Crippen LogP contribution in [0.5, 0.6) is 0 Å². The van der Waals surface area contributed by atoms with Crippen LogP contribution in [0, 0.1) is 0 Å². The van der Waals surface area contributed by atoms with Crippen LogP contribution in [0.1, 0.15) is 31.0 Å². The maximum Gasteiger partial charge on any atom is 0.420 e. The number of carbonyl (C=O) groups excluding carboxylic acids is 1. The molecule has 1 aromatic heterocycles. The van der Waals surface area contributed by atoms with E-state index in [0.717, 1.165) is 11.1 Å². The lowest BCUT2D eigenvalue weighted by molar-refractivity contribution is -0.124. The van der Waals surface area contributed by atoms with E-state index in [1.807, 2.05) is 42.5 Å². The minimum atomic E-state index is -0.697. The van der Waals surface area contributed by atoms with Crippen molar-refractivity contribution in [1.82, 2.24) is 9.88 Å². The van der Waals surface area contributed by atoms with E-state index in [1.165, 1.54) is 4.57 Å². The number of amides is 1. The molecule has 0 bridgehead atoms. The molecule has 0 aliphatic heterocycles. The Morgan fingerprint density at radius 2 is 1.47 bits per heavy atom. The van der Waals surface area contributed by atoms with Gasteiger partial charge in [0.1, 0.15) is 6.04 Å². The van der Waals surface area contributed by atoms with Gasteiger partial charge in [0.15, 0.2) is 5.58 Å². The van der Waals surface area contributed by atoms with Crippen molar-refractivity contribution in [2.45, 2.75) is 25.3 Å². The van der Waals surface area contributed by atoms with Gasteiger partial charge in [-0.15, -0.1) is 0 Å². The van der Waals surface area contributed by atoms with E-state index >= 15 is 0 Å². The van der Waals surface area contributed by atoms with Gasteiger partial charge in [0.05, 0.1) is 5.52 Å². The van der Waals surface area contributed by atoms with Crippen LogP contribution in [0.4, 0.5) is 0 Å². The van der Waals surface area contributed by atoms with E-state index in [0.29, 0.717) is 17.6 Å². The highest BCUT2D eigenvalue weighted by Crippen LogP contribution is 2.31. The van der Waals surface area contributed by atoms with Gasteiger partial charge in [0, 0.05) is 12.0 Å². The van der Waals surface area contributed by atoms with Gasteiger partial charge in [-0.25, -0.2) is 4.79 Å². The molecule has 0 fully saturated rings. The molecule has 4 rings (SSSR count). The highest BCUT2D eigenvalue weighted by molar-refractivity contribution is 5.83. The third kappa shape index (κ3) is 3.54. The summed E-state index contributed by atoms with van der Waals surface area (Å²) < 4.78 is 6.68. The topological polar surface area (TPSA) is 64.2 Å². The minimum absolute atomic E-state index is 0.234.